The van der Waals surface area contributed by atoms with Crippen LogP contribution < -0.4 is 11.1 Å². The Morgan fingerprint density at radius 1 is 1.37 bits per heavy atom. The molecule has 0 spiro atoms. The first-order valence-electron chi connectivity index (χ1n) is 6.76. The number of carbonyl (C=O) groups is 1. The van der Waals surface area contributed by atoms with Crippen LogP contribution in [0.25, 0.3) is 0 Å². The van der Waals surface area contributed by atoms with Crippen molar-refractivity contribution in [1.29, 1.82) is 0 Å². The third-order valence-corrected chi connectivity index (χ3v) is 3.34. The lowest BCUT2D eigenvalue weighted by Gasteiger charge is -2.13. The molecule has 3 N–H and O–H groups in total. The summed E-state index contributed by atoms with van der Waals surface area (Å²) in [5, 5.41) is 3.63. The quantitative estimate of drug-likeness (QED) is 0.807. The van der Waals surface area contributed by atoms with Gasteiger partial charge in [-0.1, -0.05) is 37.1 Å². The van der Waals surface area contributed by atoms with Crippen LogP contribution in [-0.2, 0) is 11.3 Å². The van der Waals surface area contributed by atoms with Crippen LogP contribution in [0.15, 0.2) is 24.3 Å². The molecule has 1 aromatic carbocycles. The zero-order valence-electron chi connectivity index (χ0n) is 11.7. The van der Waals surface area contributed by atoms with Crippen molar-refractivity contribution in [3.63, 3.8) is 0 Å². The van der Waals surface area contributed by atoms with E-state index in [1.165, 1.54) is 0 Å². The van der Waals surface area contributed by atoms with Crippen LogP contribution >= 0.6 is 11.6 Å². The number of rotatable bonds is 7. The van der Waals surface area contributed by atoms with Crippen molar-refractivity contribution in [3.05, 3.63) is 34.9 Å². The minimum Gasteiger partial charge on any atom is -0.352 e. The van der Waals surface area contributed by atoms with Gasteiger partial charge in [0.2, 0.25) is 5.91 Å². The van der Waals surface area contributed by atoms with Crippen molar-refractivity contribution >= 4 is 17.5 Å². The highest BCUT2D eigenvalue weighted by Gasteiger charge is 2.12. The maximum Gasteiger partial charge on any atom is 0.223 e. The summed E-state index contributed by atoms with van der Waals surface area (Å²) in [6, 6.07) is 7.73. The van der Waals surface area contributed by atoms with Gasteiger partial charge in [-0.25, -0.2) is 0 Å². The van der Waals surface area contributed by atoms with Crippen LogP contribution in [0, 0.1) is 5.92 Å². The first-order chi connectivity index (χ1) is 8.99. The SMILES string of the molecule is CC(N)CCCC(C)C(=O)NCc1cccc(Cl)c1. The van der Waals surface area contributed by atoms with Gasteiger partial charge in [0.1, 0.15) is 0 Å². The number of hydrogen-bond acceptors (Lipinski definition) is 2. The van der Waals surface area contributed by atoms with Crippen LogP contribution in [0.4, 0.5) is 0 Å². The van der Waals surface area contributed by atoms with Crippen LogP contribution in [0.1, 0.15) is 38.7 Å². The molecular formula is C15H23ClN2O. The molecule has 0 bridgehead atoms. The highest BCUT2D eigenvalue weighted by atomic mass is 35.5. The van der Waals surface area contributed by atoms with Crippen LogP contribution in [0.3, 0.4) is 0 Å². The molecule has 0 aliphatic carbocycles. The van der Waals surface area contributed by atoms with Gasteiger partial charge in [0.25, 0.3) is 0 Å². The summed E-state index contributed by atoms with van der Waals surface area (Å²) < 4.78 is 0. The Kier molecular flexibility index (Phi) is 6.89. The van der Waals surface area contributed by atoms with Crippen molar-refractivity contribution < 1.29 is 4.79 Å². The van der Waals surface area contributed by atoms with Crippen LogP contribution in [-0.4, -0.2) is 11.9 Å². The van der Waals surface area contributed by atoms with E-state index in [9.17, 15) is 4.79 Å². The topological polar surface area (TPSA) is 55.1 Å². The van der Waals surface area contributed by atoms with E-state index in [1.54, 1.807) is 0 Å². The fraction of sp³-hybridized carbons (Fsp3) is 0.533. The van der Waals surface area contributed by atoms with Crippen molar-refractivity contribution in [2.24, 2.45) is 11.7 Å². The fourth-order valence-corrected chi connectivity index (χ4v) is 2.10. The van der Waals surface area contributed by atoms with Gasteiger partial charge in [0.15, 0.2) is 0 Å². The van der Waals surface area contributed by atoms with Gasteiger partial charge >= 0.3 is 0 Å². The predicted octanol–water partition coefficient (Wildman–Crippen LogP) is 3.11. The number of hydrogen-bond donors (Lipinski definition) is 2. The van der Waals surface area contributed by atoms with E-state index in [-0.39, 0.29) is 17.9 Å². The average Bonchev–Trinajstić information content (AvgIpc) is 2.35. The Morgan fingerprint density at radius 2 is 2.11 bits per heavy atom. The van der Waals surface area contributed by atoms with Gasteiger partial charge in [-0.15, -0.1) is 0 Å². The molecule has 0 saturated carbocycles. The van der Waals surface area contributed by atoms with E-state index < -0.39 is 0 Å². The largest absolute Gasteiger partial charge is 0.352 e. The first kappa shape index (κ1) is 16.0. The summed E-state index contributed by atoms with van der Waals surface area (Å²) in [6.07, 6.45) is 2.83. The third-order valence-electron chi connectivity index (χ3n) is 3.10. The van der Waals surface area contributed by atoms with Gasteiger partial charge in [0.05, 0.1) is 0 Å². The summed E-state index contributed by atoms with van der Waals surface area (Å²) >= 11 is 5.90. The molecule has 0 aliphatic heterocycles. The average molecular weight is 283 g/mol. The number of nitrogens with two attached hydrogens (primary N) is 1. The van der Waals surface area contributed by atoms with Gasteiger partial charge in [-0.05, 0) is 37.5 Å². The Morgan fingerprint density at radius 3 is 2.74 bits per heavy atom. The second kappa shape index (κ2) is 8.18. The van der Waals surface area contributed by atoms with Crippen LogP contribution in [0.2, 0.25) is 5.02 Å². The summed E-state index contributed by atoms with van der Waals surface area (Å²) in [4.78, 5) is 11.9. The Balaban J connectivity index is 2.30. The molecule has 0 fully saturated rings. The molecule has 3 nitrogen and oxygen atoms in total. The molecule has 1 amide bonds. The molecule has 106 valence electrons. The Labute approximate surface area is 120 Å². The zero-order chi connectivity index (χ0) is 14.3. The molecule has 0 heterocycles. The van der Waals surface area contributed by atoms with Crippen molar-refractivity contribution in [1.82, 2.24) is 5.32 Å². The highest BCUT2D eigenvalue weighted by Crippen LogP contribution is 2.12. The van der Waals surface area contributed by atoms with E-state index in [1.807, 2.05) is 38.1 Å². The minimum absolute atomic E-state index is 0.0259. The molecule has 4 heteroatoms. The molecule has 0 aliphatic rings. The number of carbonyl (C=O) groups excluding carboxylic acids is 1. The third kappa shape index (κ3) is 6.60. The first-order valence-corrected chi connectivity index (χ1v) is 7.14. The summed E-state index contributed by atoms with van der Waals surface area (Å²) in [5.74, 6) is 0.114. The maximum atomic E-state index is 11.9. The van der Waals surface area contributed by atoms with E-state index >= 15 is 0 Å². The van der Waals surface area contributed by atoms with Gasteiger partial charge < -0.3 is 11.1 Å². The van der Waals surface area contributed by atoms with Gasteiger partial charge in [0, 0.05) is 23.5 Å². The minimum atomic E-state index is 0.0259. The second-order valence-electron chi connectivity index (χ2n) is 5.16. The zero-order valence-corrected chi connectivity index (χ0v) is 12.4. The Hall–Kier alpha value is -1.06. The lowest BCUT2D eigenvalue weighted by atomic mass is 10.0. The molecule has 0 aromatic heterocycles. The van der Waals surface area contributed by atoms with E-state index in [0.29, 0.717) is 11.6 Å². The molecule has 0 saturated heterocycles. The molecule has 2 unspecified atom stereocenters. The van der Waals surface area contributed by atoms with Crippen LogP contribution in [0.5, 0.6) is 0 Å². The normalized spacial score (nSPS) is 13.9. The van der Waals surface area contributed by atoms with E-state index in [0.717, 1.165) is 24.8 Å². The monoisotopic (exact) mass is 282 g/mol. The summed E-state index contributed by atoms with van der Waals surface area (Å²) in [7, 11) is 0. The molecular weight excluding hydrogens is 260 g/mol. The van der Waals surface area contributed by atoms with Crippen molar-refractivity contribution in [3.8, 4) is 0 Å². The number of halogens is 1. The van der Waals surface area contributed by atoms with Gasteiger partial charge in [-0.3, -0.25) is 4.79 Å². The number of nitrogens with one attached hydrogen (secondary N) is 1. The predicted molar refractivity (Wildman–Crippen MR) is 80.0 cm³/mol. The molecule has 2 atom stereocenters. The number of amides is 1. The standard InChI is InChI=1S/C15H23ClN2O/c1-11(5-3-6-12(2)17)15(19)18-10-13-7-4-8-14(16)9-13/h4,7-9,11-12H,3,5-6,10,17H2,1-2H3,(H,18,19). The lowest BCUT2D eigenvalue weighted by molar-refractivity contribution is -0.124. The Bertz CT molecular complexity index is 407. The smallest absolute Gasteiger partial charge is 0.223 e. The molecule has 0 radical (unpaired) electrons. The van der Waals surface area contributed by atoms with Crippen molar-refractivity contribution in [2.45, 2.75) is 45.7 Å². The van der Waals surface area contributed by atoms with E-state index in [4.69, 9.17) is 17.3 Å². The van der Waals surface area contributed by atoms with Crippen molar-refractivity contribution in [2.75, 3.05) is 0 Å². The fourth-order valence-electron chi connectivity index (χ4n) is 1.89. The molecule has 19 heavy (non-hydrogen) atoms. The molecule has 1 rings (SSSR count). The molecule has 1 aromatic rings. The summed E-state index contributed by atoms with van der Waals surface area (Å²) in [6.45, 7) is 4.47. The van der Waals surface area contributed by atoms with E-state index in [2.05, 4.69) is 5.32 Å². The maximum absolute atomic E-state index is 11.9. The summed E-state index contributed by atoms with van der Waals surface area (Å²) in [5.41, 5.74) is 6.71. The lowest BCUT2D eigenvalue weighted by Crippen LogP contribution is -2.29. The van der Waals surface area contributed by atoms with Gasteiger partial charge in [-0.2, -0.15) is 0 Å². The highest BCUT2D eigenvalue weighted by molar-refractivity contribution is 6.30. The number of benzene rings is 1. The second-order valence-corrected chi connectivity index (χ2v) is 5.59.